The molecule has 1 unspecified atom stereocenters. The molecule has 0 N–H and O–H groups in total. The fourth-order valence-corrected chi connectivity index (χ4v) is 7.54. The molecule has 3 saturated heterocycles. The van der Waals surface area contributed by atoms with Crippen LogP contribution in [0.3, 0.4) is 0 Å². The summed E-state index contributed by atoms with van der Waals surface area (Å²) in [5.41, 5.74) is 0.800. The van der Waals surface area contributed by atoms with Gasteiger partial charge in [0.05, 0.1) is 35.7 Å². The number of morpholine rings is 1. The molecule has 0 saturated carbocycles. The highest BCUT2D eigenvalue weighted by Crippen LogP contribution is 2.38. The van der Waals surface area contributed by atoms with Gasteiger partial charge in [-0.25, -0.2) is 8.42 Å². The minimum Gasteiger partial charge on any atom is -0.378 e. The van der Waals surface area contributed by atoms with Crippen molar-refractivity contribution in [2.45, 2.75) is 32.9 Å². The molecule has 12 heteroatoms. The first-order valence-corrected chi connectivity index (χ1v) is 13.7. The number of carbonyl (C=O) groups is 1. The van der Waals surface area contributed by atoms with E-state index in [1.165, 1.54) is 4.90 Å². The lowest BCUT2D eigenvalue weighted by atomic mass is 10.0. The summed E-state index contributed by atoms with van der Waals surface area (Å²) >= 11 is 6.55. The van der Waals surface area contributed by atoms with Crippen molar-refractivity contribution in [2.24, 2.45) is 0 Å². The van der Waals surface area contributed by atoms with Crippen LogP contribution in [0.15, 0.2) is 9.70 Å². The lowest BCUT2D eigenvalue weighted by Gasteiger charge is -2.33. The van der Waals surface area contributed by atoms with Crippen molar-refractivity contribution in [3.8, 4) is 6.07 Å². The molecule has 4 rings (SSSR count). The predicted molar refractivity (Wildman–Crippen MR) is 131 cm³/mol. The maximum absolute atomic E-state index is 13.3. The maximum atomic E-state index is 13.3. The molecule has 1 amide bonds. The molecule has 9 nitrogen and oxygen atoms in total. The van der Waals surface area contributed by atoms with E-state index in [0.29, 0.717) is 65.4 Å². The fourth-order valence-electron chi connectivity index (χ4n) is 4.46. The van der Waals surface area contributed by atoms with Crippen LogP contribution in [-0.4, -0.2) is 72.0 Å². The molecule has 1 aromatic rings. The number of aromatic nitrogens is 1. The number of ether oxygens (including phenoxy) is 1. The molecular weight excluding hydrogens is 484 g/mol. The highest BCUT2D eigenvalue weighted by atomic mass is 32.2. The number of nitriles is 1. The first-order valence-electron chi connectivity index (χ1n) is 10.7. The molecule has 3 fully saturated rings. The van der Waals surface area contributed by atoms with Crippen LogP contribution in [0.4, 0.5) is 5.82 Å². The van der Waals surface area contributed by atoms with Crippen LogP contribution in [0.2, 0.25) is 0 Å². The van der Waals surface area contributed by atoms with Gasteiger partial charge < -0.3 is 9.64 Å². The van der Waals surface area contributed by atoms with E-state index in [2.05, 4.69) is 0 Å². The number of carbonyl (C=O) groups excluding carboxylic acids is 1. The van der Waals surface area contributed by atoms with Gasteiger partial charge >= 0.3 is 0 Å². The Hall–Kier alpha value is -2.20. The van der Waals surface area contributed by atoms with E-state index in [0.717, 1.165) is 11.8 Å². The topological polar surface area (TPSA) is 113 Å². The van der Waals surface area contributed by atoms with Crippen LogP contribution in [0.1, 0.15) is 30.0 Å². The van der Waals surface area contributed by atoms with E-state index in [1.54, 1.807) is 17.6 Å². The summed E-state index contributed by atoms with van der Waals surface area (Å²) in [6.45, 7) is 6.08. The average Bonchev–Trinajstić information content (AvgIpc) is 3.27. The Labute approximate surface area is 201 Å². The number of thioether (sulfide) groups is 1. The second-order valence-electron chi connectivity index (χ2n) is 8.11. The average molecular weight is 509 g/mol. The van der Waals surface area contributed by atoms with Crippen LogP contribution in [-0.2, 0) is 25.9 Å². The number of amides is 1. The van der Waals surface area contributed by atoms with E-state index >= 15 is 0 Å². The Balaban J connectivity index is 1.83. The second kappa shape index (κ2) is 9.21. The molecule has 1 aromatic heterocycles. The Morgan fingerprint density at radius 2 is 2.00 bits per heavy atom. The van der Waals surface area contributed by atoms with Gasteiger partial charge in [0.15, 0.2) is 9.84 Å². The van der Waals surface area contributed by atoms with Crippen LogP contribution in [0.25, 0.3) is 6.08 Å². The van der Waals surface area contributed by atoms with Crippen molar-refractivity contribution in [1.82, 2.24) is 9.47 Å². The normalized spacial score (nSPS) is 24.0. The van der Waals surface area contributed by atoms with E-state index in [1.807, 2.05) is 17.9 Å². The summed E-state index contributed by atoms with van der Waals surface area (Å²) in [5, 5.41) is 9.66. The van der Waals surface area contributed by atoms with E-state index < -0.39 is 15.9 Å². The zero-order valence-electron chi connectivity index (χ0n) is 18.4. The maximum Gasteiger partial charge on any atom is 0.270 e. The van der Waals surface area contributed by atoms with Crippen molar-refractivity contribution >= 4 is 55.9 Å². The number of anilines is 1. The van der Waals surface area contributed by atoms with Gasteiger partial charge in [-0.15, -0.1) is 0 Å². The molecule has 3 aliphatic rings. The van der Waals surface area contributed by atoms with Gasteiger partial charge in [-0.05, 0) is 31.9 Å². The van der Waals surface area contributed by atoms with E-state index in [9.17, 15) is 23.3 Å². The van der Waals surface area contributed by atoms with Crippen LogP contribution in [0.5, 0.6) is 0 Å². The molecule has 1 atom stereocenters. The van der Waals surface area contributed by atoms with Crippen LogP contribution in [0, 0.1) is 18.3 Å². The first-order chi connectivity index (χ1) is 15.7. The predicted octanol–water partition coefficient (Wildman–Crippen LogP) is 1.27. The summed E-state index contributed by atoms with van der Waals surface area (Å²) in [5.74, 6) is 0.258. The Bertz CT molecular complexity index is 1260. The standard InChI is InChI=1S/C21H24N4O5S3/c1-3-24-18(23-5-7-30-8-6-23)15(13(2)16(11-22)19(24)26)10-17-20(27)25(21(31)32-17)14-4-9-33(28,29)12-14/h10,14H,3-9,12H2,1-2H3/b17-10+. The quantitative estimate of drug-likeness (QED) is 0.438. The van der Waals surface area contributed by atoms with Gasteiger partial charge in [-0.2, -0.15) is 5.26 Å². The first kappa shape index (κ1) is 23.9. The molecule has 0 aromatic carbocycles. The van der Waals surface area contributed by atoms with E-state index in [4.69, 9.17) is 17.0 Å². The number of sulfone groups is 1. The van der Waals surface area contributed by atoms with Gasteiger partial charge in [-0.3, -0.25) is 19.1 Å². The number of rotatable bonds is 4. The summed E-state index contributed by atoms with van der Waals surface area (Å²) < 4.78 is 31.2. The molecule has 0 spiro atoms. The van der Waals surface area contributed by atoms with Gasteiger partial charge in [0.1, 0.15) is 21.8 Å². The fraction of sp³-hybridized carbons (Fsp3) is 0.524. The van der Waals surface area contributed by atoms with Crippen LogP contribution < -0.4 is 10.5 Å². The molecule has 0 radical (unpaired) electrons. The number of thiocarbonyl (C=S) groups is 1. The lowest BCUT2D eigenvalue weighted by molar-refractivity contribution is -0.123. The number of pyridine rings is 1. The zero-order valence-corrected chi connectivity index (χ0v) is 20.8. The second-order valence-corrected chi connectivity index (χ2v) is 12.0. The van der Waals surface area contributed by atoms with Crippen molar-refractivity contribution < 1.29 is 17.9 Å². The highest BCUT2D eigenvalue weighted by Gasteiger charge is 2.42. The van der Waals surface area contributed by atoms with Crippen molar-refractivity contribution in [1.29, 1.82) is 5.26 Å². The van der Waals surface area contributed by atoms with Gasteiger partial charge in [-0.1, -0.05) is 24.0 Å². The smallest absolute Gasteiger partial charge is 0.270 e. The molecule has 33 heavy (non-hydrogen) atoms. The monoisotopic (exact) mass is 508 g/mol. The zero-order chi connectivity index (χ0) is 23.9. The van der Waals surface area contributed by atoms with Gasteiger partial charge in [0.2, 0.25) is 0 Å². The lowest BCUT2D eigenvalue weighted by Crippen LogP contribution is -2.41. The summed E-state index contributed by atoms with van der Waals surface area (Å²) in [4.78, 5) is 30.1. The minimum atomic E-state index is -3.18. The Morgan fingerprint density at radius 1 is 1.30 bits per heavy atom. The van der Waals surface area contributed by atoms with Gasteiger partial charge in [0.25, 0.3) is 11.5 Å². The SMILES string of the molecule is CCn1c(N2CCOCC2)c(/C=C2/SC(=S)N(C3CCS(=O)(=O)C3)C2=O)c(C)c(C#N)c1=O. The molecule has 176 valence electrons. The molecule has 0 bridgehead atoms. The minimum absolute atomic E-state index is 0.0393. The van der Waals surface area contributed by atoms with Gasteiger partial charge in [0, 0.05) is 25.2 Å². The number of hydrogen-bond acceptors (Lipinski definition) is 9. The number of nitrogens with zero attached hydrogens (tertiary/aromatic N) is 4. The Kier molecular flexibility index (Phi) is 6.68. The summed E-state index contributed by atoms with van der Waals surface area (Å²) in [6, 6.07) is 1.55. The summed E-state index contributed by atoms with van der Waals surface area (Å²) in [6.07, 6.45) is 2.05. The molecule has 0 aliphatic carbocycles. The van der Waals surface area contributed by atoms with Crippen molar-refractivity contribution in [2.75, 3.05) is 42.7 Å². The third-order valence-corrected chi connectivity index (χ3v) is 9.23. The van der Waals surface area contributed by atoms with Crippen LogP contribution >= 0.6 is 24.0 Å². The van der Waals surface area contributed by atoms with E-state index in [-0.39, 0.29) is 28.5 Å². The van der Waals surface area contributed by atoms with Crippen molar-refractivity contribution in [3.05, 3.63) is 31.9 Å². The Morgan fingerprint density at radius 3 is 2.58 bits per heavy atom. The molecular formula is C21H24N4O5S3. The third kappa shape index (κ3) is 4.35. The molecule has 3 aliphatic heterocycles. The largest absolute Gasteiger partial charge is 0.378 e. The van der Waals surface area contributed by atoms with Crippen molar-refractivity contribution in [3.63, 3.8) is 0 Å². The number of hydrogen-bond donors (Lipinski definition) is 0. The summed E-state index contributed by atoms with van der Waals surface area (Å²) in [7, 11) is -3.18. The highest BCUT2D eigenvalue weighted by molar-refractivity contribution is 8.26. The third-order valence-electron chi connectivity index (χ3n) is 6.15. The molecule has 4 heterocycles.